The van der Waals surface area contributed by atoms with Gasteiger partial charge < -0.3 is 10.0 Å². The van der Waals surface area contributed by atoms with Crippen molar-refractivity contribution in [3.8, 4) is 0 Å². The third kappa shape index (κ3) is 3.09. The number of benzene rings is 1. The minimum atomic E-state index is -0.838. The molecule has 1 saturated heterocycles. The van der Waals surface area contributed by atoms with Gasteiger partial charge in [0.1, 0.15) is 0 Å². The van der Waals surface area contributed by atoms with Crippen LogP contribution in [0.25, 0.3) is 0 Å². The summed E-state index contributed by atoms with van der Waals surface area (Å²) in [5.41, 5.74) is 1.23. The zero-order valence-electron chi connectivity index (χ0n) is 13.3. The van der Waals surface area contributed by atoms with Crippen LogP contribution in [0.15, 0.2) is 24.3 Å². The Labute approximate surface area is 141 Å². The Bertz CT molecular complexity index is 622. The highest BCUT2D eigenvalue weighted by Gasteiger charge is 2.44. The summed E-state index contributed by atoms with van der Waals surface area (Å²) in [6, 6.07) is 7.93. The van der Waals surface area contributed by atoms with Crippen LogP contribution >= 0.6 is 11.6 Å². The number of likely N-dealkylation sites (tertiary alicyclic amines) is 1. The Balaban J connectivity index is 1.64. The van der Waals surface area contributed by atoms with Gasteiger partial charge in [-0.3, -0.25) is 9.59 Å². The number of carbonyl (C=O) groups excluding carboxylic acids is 1. The predicted molar refractivity (Wildman–Crippen MR) is 88.5 cm³/mol. The average Bonchev–Trinajstić information content (AvgIpc) is 2.46. The summed E-state index contributed by atoms with van der Waals surface area (Å²) in [4.78, 5) is 25.5. The smallest absolute Gasteiger partial charge is 0.307 e. The van der Waals surface area contributed by atoms with E-state index in [0.717, 1.165) is 17.9 Å². The van der Waals surface area contributed by atoms with Gasteiger partial charge in [0, 0.05) is 18.1 Å². The lowest BCUT2D eigenvalue weighted by Crippen LogP contribution is -2.50. The monoisotopic (exact) mass is 335 g/mol. The highest BCUT2D eigenvalue weighted by Crippen LogP contribution is 2.39. The second-order valence-electron chi connectivity index (χ2n) is 7.02. The van der Waals surface area contributed by atoms with E-state index in [2.05, 4.69) is 13.0 Å². The molecule has 0 unspecified atom stereocenters. The molecule has 1 aromatic rings. The number of nitrogens with zero attached hydrogens (tertiary/aromatic N) is 1. The van der Waals surface area contributed by atoms with E-state index in [9.17, 15) is 9.59 Å². The maximum atomic E-state index is 12.5. The molecule has 4 nitrogen and oxygen atoms in total. The quantitative estimate of drug-likeness (QED) is 0.921. The van der Waals surface area contributed by atoms with Crippen molar-refractivity contribution in [2.24, 2.45) is 11.8 Å². The van der Waals surface area contributed by atoms with Crippen molar-refractivity contribution < 1.29 is 14.7 Å². The van der Waals surface area contributed by atoms with Crippen molar-refractivity contribution in [2.75, 3.05) is 13.1 Å². The van der Waals surface area contributed by atoms with Gasteiger partial charge in [-0.1, -0.05) is 30.7 Å². The van der Waals surface area contributed by atoms with Gasteiger partial charge in [0.05, 0.1) is 11.8 Å². The maximum Gasteiger partial charge on any atom is 0.307 e. The number of rotatable bonds is 3. The van der Waals surface area contributed by atoms with Crippen LogP contribution < -0.4 is 0 Å². The highest BCUT2D eigenvalue weighted by molar-refractivity contribution is 6.30. The van der Waals surface area contributed by atoms with Crippen LogP contribution in [0.1, 0.15) is 38.2 Å². The molecule has 1 heterocycles. The lowest BCUT2D eigenvalue weighted by Gasteiger charge is -2.43. The Morgan fingerprint density at radius 1 is 1.22 bits per heavy atom. The van der Waals surface area contributed by atoms with Gasteiger partial charge in [0.25, 0.3) is 0 Å². The van der Waals surface area contributed by atoms with Gasteiger partial charge in [0.2, 0.25) is 5.91 Å². The molecule has 2 fully saturated rings. The predicted octanol–water partition coefficient (Wildman–Crippen LogP) is 3.33. The normalized spacial score (nSPS) is 26.4. The van der Waals surface area contributed by atoms with Gasteiger partial charge in [-0.15, -0.1) is 0 Å². The van der Waals surface area contributed by atoms with Crippen LogP contribution in [-0.4, -0.2) is 35.0 Å². The first kappa shape index (κ1) is 16.3. The average molecular weight is 336 g/mol. The van der Waals surface area contributed by atoms with Crippen LogP contribution in [0.3, 0.4) is 0 Å². The van der Waals surface area contributed by atoms with Gasteiger partial charge in [-0.05, 0) is 48.8 Å². The van der Waals surface area contributed by atoms with E-state index >= 15 is 0 Å². The summed E-state index contributed by atoms with van der Waals surface area (Å²) < 4.78 is 0. The molecule has 2 atom stereocenters. The number of hydrogen-bond donors (Lipinski definition) is 1. The number of amides is 1. The lowest BCUT2D eigenvalue weighted by molar-refractivity contribution is -0.157. The summed E-state index contributed by atoms with van der Waals surface area (Å²) in [5.74, 6) is -1.61. The number of halogens is 1. The SMILES string of the molecule is CC1(c2cccc(Cl)c2)CCN(C(=O)[C@@H]2CC[C@@H]2C(=O)O)CC1. The molecule has 23 heavy (non-hydrogen) atoms. The van der Waals surface area contributed by atoms with Crippen molar-refractivity contribution in [1.82, 2.24) is 4.90 Å². The largest absolute Gasteiger partial charge is 0.481 e. The fraction of sp³-hybridized carbons (Fsp3) is 0.556. The molecule has 0 bridgehead atoms. The summed E-state index contributed by atoms with van der Waals surface area (Å²) in [5, 5.41) is 9.86. The Hall–Kier alpha value is -1.55. The Morgan fingerprint density at radius 2 is 1.87 bits per heavy atom. The third-order valence-electron chi connectivity index (χ3n) is 5.61. The molecule has 0 radical (unpaired) electrons. The topological polar surface area (TPSA) is 57.6 Å². The number of carboxylic acids is 1. The van der Waals surface area contributed by atoms with Crippen LogP contribution in [0.5, 0.6) is 0 Å². The minimum absolute atomic E-state index is 0.0213. The molecule has 1 aliphatic heterocycles. The first-order chi connectivity index (χ1) is 10.9. The highest BCUT2D eigenvalue weighted by atomic mass is 35.5. The van der Waals surface area contributed by atoms with E-state index in [1.165, 1.54) is 5.56 Å². The summed E-state index contributed by atoms with van der Waals surface area (Å²) in [6.45, 7) is 3.58. The lowest BCUT2D eigenvalue weighted by atomic mass is 9.71. The molecule has 1 aliphatic carbocycles. The standard InChI is InChI=1S/C18H22ClNO3/c1-18(12-3-2-4-13(19)11-12)7-9-20(10-8-18)16(21)14-5-6-15(14)17(22)23/h2-4,11,14-15H,5-10H2,1H3,(H,22,23)/t14-,15+/m1/s1. The molecule has 1 amide bonds. The zero-order valence-corrected chi connectivity index (χ0v) is 14.1. The fourth-order valence-corrected chi connectivity index (χ4v) is 3.89. The molecule has 1 N–H and O–H groups in total. The van der Waals surface area contributed by atoms with Crippen molar-refractivity contribution in [3.05, 3.63) is 34.9 Å². The number of carboxylic acid groups (broad SMARTS) is 1. The number of hydrogen-bond acceptors (Lipinski definition) is 2. The number of carbonyl (C=O) groups is 2. The van der Waals surface area contributed by atoms with E-state index in [1.54, 1.807) is 0 Å². The minimum Gasteiger partial charge on any atom is -0.481 e. The van der Waals surface area contributed by atoms with Gasteiger partial charge >= 0.3 is 5.97 Å². The van der Waals surface area contributed by atoms with Crippen LogP contribution in [0.2, 0.25) is 5.02 Å². The van der Waals surface area contributed by atoms with Crippen molar-refractivity contribution in [1.29, 1.82) is 0 Å². The molecule has 2 aliphatic rings. The number of aliphatic carboxylic acids is 1. The second-order valence-corrected chi connectivity index (χ2v) is 7.46. The molecular formula is C18H22ClNO3. The maximum absolute atomic E-state index is 12.5. The van der Waals surface area contributed by atoms with Crippen LogP contribution in [-0.2, 0) is 15.0 Å². The Kier molecular flexibility index (Phi) is 4.37. The van der Waals surface area contributed by atoms with Gasteiger partial charge in [-0.25, -0.2) is 0 Å². The third-order valence-corrected chi connectivity index (χ3v) is 5.84. The van der Waals surface area contributed by atoms with Gasteiger partial charge in [-0.2, -0.15) is 0 Å². The summed E-state index contributed by atoms with van der Waals surface area (Å²) in [6.07, 6.45) is 3.09. The molecule has 3 rings (SSSR count). The summed E-state index contributed by atoms with van der Waals surface area (Å²) >= 11 is 6.10. The van der Waals surface area contributed by atoms with E-state index in [-0.39, 0.29) is 17.2 Å². The molecule has 1 saturated carbocycles. The Morgan fingerprint density at radius 3 is 2.39 bits per heavy atom. The van der Waals surface area contributed by atoms with E-state index in [1.807, 2.05) is 23.1 Å². The summed E-state index contributed by atoms with van der Waals surface area (Å²) in [7, 11) is 0. The molecular weight excluding hydrogens is 314 g/mol. The molecule has 0 spiro atoms. The molecule has 124 valence electrons. The van der Waals surface area contributed by atoms with Crippen molar-refractivity contribution in [3.63, 3.8) is 0 Å². The zero-order chi connectivity index (χ0) is 16.6. The van der Waals surface area contributed by atoms with Crippen LogP contribution in [0.4, 0.5) is 0 Å². The van der Waals surface area contributed by atoms with E-state index in [4.69, 9.17) is 16.7 Å². The van der Waals surface area contributed by atoms with E-state index in [0.29, 0.717) is 25.9 Å². The van der Waals surface area contributed by atoms with Crippen molar-refractivity contribution >= 4 is 23.5 Å². The fourth-order valence-electron chi connectivity index (χ4n) is 3.70. The second kappa shape index (κ2) is 6.16. The first-order valence-electron chi connectivity index (χ1n) is 8.18. The van der Waals surface area contributed by atoms with Crippen molar-refractivity contribution in [2.45, 2.75) is 38.0 Å². The van der Waals surface area contributed by atoms with Crippen LogP contribution in [0, 0.1) is 11.8 Å². The molecule has 5 heteroatoms. The molecule has 0 aromatic heterocycles. The number of piperidine rings is 1. The first-order valence-corrected chi connectivity index (χ1v) is 8.56. The van der Waals surface area contributed by atoms with E-state index < -0.39 is 11.9 Å². The van der Waals surface area contributed by atoms with Gasteiger partial charge in [0.15, 0.2) is 0 Å². The molecule has 1 aromatic carbocycles.